The zero-order valence-electron chi connectivity index (χ0n) is 15.8. The van der Waals surface area contributed by atoms with E-state index in [1.807, 2.05) is 31.2 Å². The number of anilines is 3. The number of hydrogen-bond acceptors (Lipinski definition) is 6. The van der Waals surface area contributed by atoms with Gasteiger partial charge in [0, 0.05) is 17.4 Å². The van der Waals surface area contributed by atoms with Gasteiger partial charge in [-0.05, 0) is 44.2 Å². The van der Waals surface area contributed by atoms with E-state index < -0.39 is 5.97 Å². The molecular formula is C21H20N4O3. The lowest BCUT2D eigenvalue weighted by Gasteiger charge is -2.10. The minimum atomic E-state index is -0.430. The predicted molar refractivity (Wildman–Crippen MR) is 107 cm³/mol. The first-order chi connectivity index (χ1) is 13.4. The van der Waals surface area contributed by atoms with Gasteiger partial charge in [0.1, 0.15) is 17.3 Å². The fraction of sp³-hybridized carbons (Fsp3) is 0.143. The van der Waals surface area contributed by atoms with Crippen molar-refractivity contribution < 1.29 is 14.3 Å². The van der Waals surface area contributed by atoms with Gasteiger partial charge in [0.2, 0.25) is 0 Å². The first-order valence-corrected chi connectivity index (χ1v) is 8.64. The van der Waals surface area contributed by atoms with Crippen LogP contribution in [0.5, 0.6) is 0 Å². The smallest absolute Gasteiger partial charge is 0.337 e. The maximum atomic E-state index is 12.5. The fourth-order valence-electron chi connectivity index (χ4n) is 2.57. The van der Waals surface area contributed by atoms with Gasteiger partial charge in [-0.25, -0.2) is 14.8 Å². The summed E-state index contributed by atoms with van der Waals surface area (Å²) in [5, 5.41) is 5.91. The van der Waals surface area contributed by atoms with Crippen molar-refractivity contribution in [2.24, 2.45) is 0 Å². The molecule has 142 valence electrons. The first kappa shape index (κ1) is 19.0. The number of esters is 1. The standard InChI is InChI=1S/C21H20N4O3/c1-13-7-9-16(10-8-13)25-20(26)18-12-19(23-14(2)22-18)24-17-6-4-5-15(11-17)21(27)28-3/h4-12H,1-3H3,(H,25,26)(H,22,23,24). The molecule has 1 heterocycles. The Morgan fingerprint density at radius 1 is 0.929 bits per heavy atom. The molecule has 0 bridgehead atoms. The van der Waals surface area contributed by atoms with Gasteiger partial charge in [-0.3, -0.25) is 4.79 Å². The van der Waals surface area contributed by atoms with Crippen molar-refractivity contribution in [2.75, 3.05) is 17.7 Å². The van der Waals surface area contributed by atoms with E-state index in [4.69, 9.17) is 4.74 Å². The average Bonchev–Trinajstić information content (AvgIpc) is 2.69. The number of ether oxygens (including phenoxy) is 1. The highest BCUT2D eigenvalue weighted by Gasteiger charge is 2.12. The Kier molecular flexibility index (Phi) is 5.64. The lowest BCUT2D eigenvalue weighted by molar-refractivity contribution is 0.0600. The topological polar surface area (TPSA) is 93.2 Å². The molecule has 7 heteroatoms. The lowest BCUT2D eigenvalue weighted by atomic mass is 10.2. The Bertz CT molecular complexity index is 1020. The van der Waals surface area contributed by atoms with Gasteiger partial charge >= 0.3 is 5.97 Å². The van der Waals surface area contributed by atoms with Gasteiger partial charge < -0.3 is 15.4 Å². The van der Waals surface area contributed by atoms with Gasteiger partial charge in [-0.15, -0.1) is 0 Å². The van der Waals surface area contributed by atoms with Crippen molar-refractivity contribution in [1.29, 1.82) is 0 Å². The highest BCUT2D eigenvalue weighted by atomic mass is 16.5. The Morgan fingerprint density at radius 2 is 1.68 bits per heavy atom. The molecule has 7 nitrogen and oxygen atoms in total. The molecule has 0 aliphatic heterocycles. The number of rotatable bonds is 5. The molecule has 0 spiro atoms. The van der Waals surface area contributed by atoms with Crippen molar-refractivity contribution in [2.45, 2.75) is 13.8 Å². The predicted octanol–water partition coefficient (Wildman–Crippen LogP) is 3.88. The summed E-state index contributed by atoms with van der Waals surface area (Å²) in [5.74, 6) is 0.133. The fourth-order valence-corrected chi connectivity index (χ4v) is 2.57. The number of nitrogens with one attached hydrogen (secondary N) is 2. The number of nitrogens with zero attached hydrogens (tertiary/aromatic N) is 2. The van der Waals surface area contributed by atoms with Crippen LogP contribution in [0.25, 0.3) is 0 Å². The van der Waals surface area contributed by atoms with Crippen LogP contribution in [0.3, 0.4) is 0 Å². The molecule has 1 amide bonds. The third-order valence-electron chi connectivity index (χ3n) is 3.94. The summed E-state index contributed by atoms with van der Waals surface area (Å²) < 4.78 is 4.73. The lowest BCUT2D eigenvalue weighted by Crippen LogP contribution is -2.15. The van der Waals surface area contributed by atoms with Crippen LogP contribution in [0, 0.1) is 13.8 Å². The number of aromatic nitrogens is 2. The van der Waals surface area contributed by atoms with Crippen molar-refractivity contribution in [3.05, 3.63) is 77.2 Å². The van der Waals surface area contributed by atoms with E-state index >= 15 is 0 Å². The van der Waals surface area contributed by atoms with Crippen molar-refractivity contribution in [3.63, 3.8) is 0 Å². The number of hydrogen-bond donors (Lipinski definition) is 2. The van der Waals surface area contributed by atoms with Crippen molar-refractivity contribution in [1.82, 2.24) is 9.97 Å². The summed E-state index contributed by atoms with van der Waals surface area (Å²) in [5.41, 5.74) is 3.09. The molecule has 3 rings (SSSR count). The Labute approximate surface area is 162 Å². The van der Waals surface area contributed by atoms with Crippen LogP contribution in [0.15, 0.2) is 54.6 Å². The zero-order chi connectivity index (χ0) is 20.1. The van der Waals surface area contributed by atoms with Gasteiger partial charge in [0.05, 0.1) is 12.7 Å². The summed E-state index contributed by atoms with van der Waals surface area (Å²) in [6.07, 6.45) is 0. The molecule has 0 aliphatic rings. The molecule has 0 saturated carbocycles. The summed E-state index contributed by atoms with van der Waals surface area (Å²) >= 11 is 0. The Balaban J connectivity index is 1.80. The van der Waals surface area contributed by atoms with Crippen molar-refractivity contribution in [3.8, 4) is 0 Å². The van der Waals surface area contributed by atoms with Gasteiger partial charge in [0.25, 0.3) is 5.91 Å². The number of aryl methyl sites for hydroxylation is 2. The summed E-state index contributed by atoms with van der Waals surface area (Å²) in [6, 6.07) is 15.9. The summed E-state index contributed by atoms with van der Waals surface area (Å²) in [7, 11) is 1.33. The van der Waals surface area contributed by atoms with Gasteiger partial charge in [0.15, 0.2) is 0 Å². The van der Waals surface area contributed by atoms with Gasteiger partial charge in [-0.2, -0.15) is 0 Å². The Hall–Kier alpha value is -3.74. The number of amides is 1. The highest BCUT2D eigenvalue weighted by Crippen LogP contribution is 2.18. The van der Waals surface area contributed by atoms with E-state index in [2.05, 4.69) is 20.6 Å². The largest absolute Gasteiger partial charge is 0.465 e. The molecule has 2 N–H and O–H groups in total. The third-order valence-corrected chi connectivity index (χ3v) is 3.94. The van der Waals surface area contributed by atoms with E-state index in [1.165, 1.54) is 7.11 Å². The molecule has 0 saturated heterocycles. The van der Waals surface area contributed by atoms with Crippen LogP contribution in [-0.4, -0.2) is 29.0 Å². The molecule has 0 radical (unpaired) electrons. The molecule has 28 heavy (non-hydrogen) atoms. The average molecular weight is 376 g/mol. The molecule has 0 aliphatic carbocycles. The Morgan fingerprint density at radius 3 is 2.39 bits per heavy atom. The van der Waals surface area contributed by atoms with Gasteiger partial charge in [-0.1, -0.05) is 23.8 Å². The maximum absolute atomic E-state index is 12.5. The molecule has 1 aromatic heterocycles. The van der Waals surface area contributed by atoms with E-state index in [1.54, 1.807) is 37.3 Å². The van der Waals surface area contributed by atoms with Crippen LogP contribution < -0.4 is 10.6 Å². The van der Waals surface area contributed by atoms with Crippen LogP contribution in [0.1, 0.15) is 32.2 Å². The molecule has 0 atom stereocenters. The number of carbonyl (C=O) groups is 2. The zero-order valence-corrected chi connectivity index (χ0v) is 15.8. The first-order valence-electron chi connectivity index (χ1n) is 8.64. The van der Waals surface area contributed by atoms with Crippen LogP contribution in [0.4, 0.5) is 17.2 Å². The second-order valence-corrected chi connectivity index (χ2v) is 6.20. The van der Waals surface area contributed by atoms with Crippen molar-refractivity contribution >= 4 is 29.1 Å². The van der Waals surface area contributed by atoms with E-state index in [-0.39, 0.29) is 11.6 Å². The maximum Gasteiger partial charge on any atom is 0.337 e. The molecule has 3 aromatic rings. The number of methoxy groups -OCH3 is 1. The molecule has 0 unspecified atom stereocenters. The minimum Gasteiger partial charge on any atom is -0.465 e. The molecule has 2 aromatic carbocycles. The minimum absolute atomic E-state index is 0.236. The second kappa shape index (κ2) is 8.30. The molecule has 0 fully saturated rings. The third kappa shape index (κ3) is 4.70. The number of carbonyl (C=O) groups excluding carboxylic acids is 2. The molecular weight excluding hydrogens is 356 g/mol. The van der Waals surface area contributed by atoms with E-state index in [9.17, 15) is 9.59 Å². The highest BCUT2D eigenvalue weighted by molar-refractivity contribution is 6.03. The van der Waals surface area contributed by atoms with Crippen LogP contribution in [-0.2, 0) is 4.74 Å². The van der Waals surface area contributed by atoms with Crippen LogP contribution in [0.2, 0.25) is 0 Å². The normalized spacial score (nSPS) is 10.2. The second-order valence-electron chi connectivity index (χ2n) is 6.20. The summed E-state index contributed by atoms with van der Waals surface area (Å²) in [4.78, 5) is 32.7. The SMILES string of the molecule is COC(=O)c1cccc(Nc2cc(C(=O)Nc3ccc(C)cc3)nc(C)n2)c1. The summed E-state index contributed by atoms with van der Waals surface area (Å²) in [6.45, 7) is 3.69. The van der Waals surface area contributed by atoms with E-state index in [0.29, 0.717) is 28.6 Å². The van der Waals surface area contributed by atoms with E-state index in [0.717, 1.165) is 5.56 Å². The number of benzene rings is 2. The van der Waals surface area contributed by atoms with Crippen LogP contribution >= 0.6 is 0 Å². The quantitative estimate of drug-likeness (QED) is 0.657. The monoisotopic (exact) mass is 376 g/mol.